The van der Waals surface area contributed by atoms with E-state index < -0.39 is 0 Å². The highest BCUT2D eigenvalue weighted by Gasteiger charge is 2.24. The van der Waals surface area contributed by atoms with Crippen LogP contribution in [0.1, 0.15) is 37.5 Å². The number of nitrogens with one attached hydrogen (secondary N) is 2. The molecule has 0 radical (unpaired) electrons. The van der Waals surface area contributed by atoms with E-state index in [1.54, 1.807) is 0 Å². The van der Waals surface area contributed by atoms with E-state index >= 15 is 0 Å². The third-order valence-corrected chi connectivity index (χ3v) is 3.91. The molecule has 2 heterocycles. The summed E-state index contributed by atoms with van der Waals surface area (Å²) < 4.78 is 0. The van der Waals surface area contributed by atoms with Gasteiger partial charge in [-0.15, -0.1) is 0 Å². The molecule has 4 rings (SSSR count). The molecule has 1 unspecified atom stereocenters. The zero-order chi connectivity index (χ0) is 12.7. The number of anilines is 1. The van der Waals surface area contributed by atoms with Crippen LogP contribution in [0.5, 0.6) is 0 Å². The summed E-state index contributed by atoms with van der Waals surface area (Å²) >= 11 is 0. The fraction of sp³-hybridized carbons (Fsp3) is 0.467. The fourth-order valence-corrected chi connectivity index (χ4v) is 2.69. The van der Waals surface area contributed by atoms with Crippen LogP contribution in [0.15, 0.2) is 24.3 Å². The summed E-state index contributed by atoms with van der Waals surface area (Å²) in [5.74, 6) is 1.95. The third kappa shape index (κ3) is 2.16. The van der Waals surface area contributed by atoms with Crippen LogP contribution in [0.4, 0.5) is 5.82 Å². The molecule has 1 aromatic carbocycles. The Morgan fingerprint density at radius 1 is 1.11 bits per heavy atom. The number of rotatable bonds is 3. The van der Waals surface area contributed by atoms with E-state index in [0.29, 0.717) is 12.1 Å². The summed E-state index contributed by atoms with van der Waals surface area (Å²) in [5.41, 5.74) is 1.05. The first-order valence-corrected chi connectivity index (χ1v) is 7.17. The average molecular weight is 254 g/mol. The molecule has 2 aromatic rings. The van der Waals surface area contributed by atoms with Gasteiger partial charge in [-0.3, -0.25) is 0 Å². The molecule has 1 saturated carbocycles. The van der Waals surface area contributed by atoms with Crippen LogP contribution in [0.25, 0.3) is 10.9 Å². The van der Waals surface area contributed by atoms with E-state index in [2.05, 4.69) is 28.8 Å². The zero-order valence-corrected chi connectivity index (χ0v) is 10.9. The number of hydrogen-bond acceptors (Lipinski definition) is 4. The van der Waals surface area contributed by atoms with Gasteiger partial charge in [0.05, 0.1) is 11.6 Å². The van der Waals surface area contributed by atoms with Gasteiger partial charge in [0.1, 0.15) is 11.6 Å². The topological polar surface area (TPSA) is 49.8 Å². The Labute approximate surface area is 112 Å². The summed E-state index contributed by atoms with van der Waals surface area (Å²) in [5, 5.41) is 8.16. The van der Waals surface area contributed by atoms with Crippen LogP contribution < -0.4 is 10.6 Å². The molecule has 19 heavy (non-hydrogen) atoms. The molecule has 1 atom stereocenters. The van der Waals surface area contributed by atoms with Crippen LogP contribution in [0, 0.1) is 0 Å². The molecule has 4 nitrogen and oxygen atoms in total. The Kier molecular flexibility index (Phi) is 2.62. The molecule has 1 saturated heterocycles. The van der Waals surface area contributed by atoms with Crippen LogP contribution in [0.2, 0.25) is 0 Å². The Bertz CT molecular complexity index is 600. The summed E-state index contributed by atoms with van der Waals surface area (Å²) in [6, 6.07) is 9.21. The van der Waals surface area contributed by atoms with Crippen molar-refractivity contribution in [3.05, 3.63) is 30.1 Å². The van der Waals surface area contributed by atoms with Crippen molar-refractivity contribution in [3.63, 3.8) is 0 Å². The van der Waals surface area contributed by atoms with Gasteiger partial charge in [-0.2, -0.15) is 0 Å². The molecule has 98 valence electrons. The van der Waals surface area contributed by atoms with Gasteiger partial charge < -0.3 is 10.6 Å². The minimum atomic E-state index is 0.323. The molecule has 4 heteroatoms. The van der Waals surface area contributed by atoms with Gasteiger partial charge in [-0.1, -0.05) is 12.1 Å². The lowest BCUT2D eigenvalue weighted by molar-refractivity contribution is 0.608. The van der Waals surface area contributed by atoms with Crippen molar-refractivity contribution in [2.45, 2.75) is 37.8 Å². The second-order valence-electron chi connectivity index (χ2n) is 5.52. The van der Waals surface area contributed by atoms with Gasteiger partial charge in [0, 0.05) is 11.4 Å². The summed E-state index contributed by atoms with van der Waals surface area (Å²) in [6.45, 7) is 1.08. The number of para-hydroxylation sites is 1. The summed E-state index contributed by atoms with van der Waals surface area (Å²) in [4.78, 5) is 9.51. The van der Waals surface area contributed by atoms with Gasteiger partial charge in [0.25, 0.3) is 0 Å². The van der Waals surface area contributed by atoms with Crippen LogP contribution >= 0.6 is 0 Å². The highest BCUT2D eigenvalue weighted by Crippen LogP contribution is 2.30. The lowest BCUT2D eigenvalue weighted by Crippen LogP contribution is -2.17. The lowest BCUT2D eigenvalue weighted by Gasteiger charge is -2.13. The van der Waals surface area contributed by atoms with Crippen molar-refractivity contribution in [3.8, 4) is 0 Å². The Morgan fingerprint density at radius 3 is 2.79 bits per heavy atom. The molecule has 1 aliphatic heterocycles. The maximum absolute atomic E-state index is 4.78. The van der Waals surface area contributed by atoms with E-state index in [1.165, 1.54) is 19.3 Å². The molecule has 2 aliphatic rings. The summed E-state index contributed by atoms with van der Waals surface area (Å²) in [6.07, 6.45) is 4.87. The Morgan fingerprint density at radius 2 is 2.00 bits per heavy atom. The molecule has 2 N–H and O–H groups in total. The normalized spacial score (nSPS) is 22.8. The van der Waals surface area contributed by atoms with Gasteiger partial charge in [-0.25, -0.2) is 9.97 Å². The quantitative estimate of drug-likeness (QED) is 0.884. The predicted octanol–water partition coefficient (Wildman–Crippen LogP) is 2.63. The Balaban J connectivity index is 1.80. The van der Waals surface area contributed by atoms with E-state index in [-0.39, 0.29) is 0 Å². The first kappa shape index (κ1) is 11.2. The average Bonchev–Trinajstić information content (AvgIpc) is 3.08. The van der Waals surface area contributed by atoms with E-state index in [1.807, 2.05) is 6.07 Å². The molecule has 0 bridgehead atoms. The van der Waals surface area contributed by atoms with Crippen molar-refractivity contribution in [2.24, 2.45) is 0 Å². The van der Waals surface area contributed by atoms with Gasteiger partial charge in [0.2, 0.25) is 0 Å². The monoisotopic (exact) mass is 254 g/mol. The highest BCUT2D eigenvalue weighted by molar-refractivity contribution is 5.89. The van der Waals surface area contributed by atoms with Gasteiger partial charge in [0.15, 0.2) is 0 Å². The molecule has 0 amide bonds. The van der Waals surface area contributed by atoms with Crippen LogP contribution in [-0.2, 0) is 0 Å². The summed E-state index contributed by atoms with van der Waals surface area (Å²) in [7, 11) is 0. The minimum absolute atomic E-state index is 0.323. The minimum Gasteiger partial charge on any atom is -0.367 e. The molecule has 1 aliphatic carbocycles. The molecule has 2 fully saturated rings. The second-order valence-corrected chi connectivity index (χ2v) is 5.52. The maximum Gasteiger partial charge on any atom is 0.148 e. The first-order valence-electron chi connectivity index (χ1n) is 7.17. The van der Waals surface area contributed by atoms with Crippen molar-refractivity contribution in [2.75, 3.05) is 11.9 Å². The second kappa shape index (κ2) is 4.46. The van der Waals surface area contributed by atoms with Crippen LogP contribution in [-0.4, -0.2) is 22.6 Å². The maximum atomic E-state index is 4.78. The fourth-order valence-electron chi connectivity index (χ4n) is 2.69. The van der Waals surface area contributed by atoms with E-state index in [4.69, 9.17) is 9.97 Å². The number of fused-ring (bicyclic) bond motifs is 1. The number of nitrogens with zero attached hydrogens (tertiary/aromatic N) is 2. The molecule has 0 spiro atoms. The highest BCUT2D eigenvalue weighted by atomic mass is 15.1. The van der Waals surface area contributed by atoms with Crippen LogP contribution in [0.3, 0.4) is 0 Å². The van der Waals surface area contributed by atoms with Crippen molar-refractivity contribution in [1.82, 2.24) is 15.3 Å². The van der Waals surface area contributed by atoms with E-state index in [0.717, 1.165) is 35.5 Å². The van der Waals surface area contributed by atoms with Crippen molar-refractivity contribution < 1.29 is 0 Å². The first-order chi connectivity index (χ1) is 9.40. The molecule has 1 aromatic heterocycles. The molecular formula is C15H18N4. The number of benzene rings is 1. The zero-order valence-electron chi connectivity index (χ0n) is 10.9. The number of aromatic nitrogens is 2. The third-order valence-electron chi connectivity index (χ3n) is 3.91. The van der Waals surface area contributed by atoms with Gasteiger partial charge >= 0.3 is 0 Å². The standard InChI is InChI=1S/C15H18N4/c1-2-5-12-11(4-1)14(17-10-7-8-10)19-15(18-12)13-6-3-9-16-13/h1-2,4-5,10,13,16H,3,6-9H2,(H,17,18,19). The lowest BCUT2D eigenvalue weighted by atomic mass is 10.2. The largest absolute Gasteiger partial charge is 0.367 e. The number of hydrogen-bond donors (Lipinski definition) is 2. The Hall–Kier alpha value is -1.68. The smallest absolute Gasteiger partial charge is 0.148 e. The van der Waals surface area contributed by atoms with Gasteiger partial charge in [-0.05, 0) is 44.4 Å². The van der Waals surface area contributed by atoms with Crippen molar-refractivity contribution in [1.29, 1.82) is 0 Å². The van der Waals surface area contributed by atoms with Crippen molar-refractivity contribution >= 4 is 16.7 Å². The predicted molar refractivity (Wildman–Crippen MR) is 76.2 cm³/mol. The molecular weight excluding hydrogens is 236 g/mol. The van der Waals surface area contributed by atoms with E-state index in [9.17, 15) is 0 Å². The SMILES string of the molecule is c1ccc2c(NC3CC3)nc(C3CCCN3)nc2c1.